The Labute approximate surface area is 144 Å². The van der Waals surface area contributed by atoms with Crippen LogP contribution in [0.1, 0.15) is 25.2 Å². The molecular formula is C17H20BrN3O2. The molecule has 1 aliphatic heterocycles. The zero-order valence-corrected chi connectivity index (χ0v) is 14.5. The summed E-state index contributed by atoms with van der Waals surface area (Å²) in [6.45, 7) is 1.47. The van der Waals surface area contributed by atoms with E-state index in [-0.39, 0.29) is 11.9 Å². The number of rotatable bonds is 4. The summed E-state index contributed by atoms with van der Waals surface area (Å²) < 4.78 is 6.73. The number of hydrogen-bond acceptors (Lipinski definition) is 4. The van der Waals surface area contributed by atoms with Crippen molar-refractivity contribution in [1.29, 1.82) is 0 Å². The molecule has 1 amide bonds. The second-order valence-electron chi connectivity index (χ2n) is 5.84. The van der Waals surface area contributed by atoms with Crippen LogP contribution in [0, 0.1) is 0 Å². The molecule has 1 aromatic heterocycles. The van der Waals surface area contributed by atoms with Gasteiger partial charge in [-0.15, -0.1) is 0 Å². The Morgan fingerprint density at radius 1 is 1.43 bits per heavy atom. The second kappa shape index (κ2) is 7.27. The van der Waals surface area contributed by atoms with Crippen LogP contribution in [0.5, 0.6) is 0 Å². The molecule has 1 atom stereocenters. The van der Waals surface area contributed by atoms with Gasteiger partial charge in [-0.05, 0) is 18.9 Å². The van der Waals surface area contributed by atoms with E-state index in [9.17, 15) is 4.79 Å². The Morgan fingerprint density at radius 2 is 2.26 bits per heavy atom. The molecule has 1 fully saturated rings. The maximum absolute atomic E-state index is 12.2. The molecule has 2 heterocycles. The number of likely N-dealkylation sites (tertiary alicyclic amines) is 1. The quantitative estimate of drug-likeness (QED) is 0.888. The molecule has 1 saturated heterocycles. The maximum Gasteiger partial charge on any atom is 0.223 e. The van der Waals surface area contributed by atoms with Crippen LogP contribution in [0.25, 0.3) is 11.3 Å². The van der Waals surface area contributed by atoms with E-state index < -0.39 is 0 Å². The zero-order chi connectivity index (χ0) is 16.2. The molecule has 23 heavy (non-hydrogen) atoms. The van der Waals surface area contributed by atoms with Crippen LogP contribution < -0.4 is 5.73 Å². The number of hydrogen-bond donors (Lipinski definition) is 1. The topological polar surface area (TPSA) is 72.4 Å². The summed E-state index contributed by atoms with van der Waals surface area (Å²) in [5.74, 6) is 1.42. The highest BCUT2D eigenvalue weighted by Gasteiger charge is 2.21. The van der Waals surface area contributed by atoms with Crippen molar-refractivity contribution in [3.63, 3.8) is 0 Å². The lowest BCUT2D eigenvalue weighted by Gasteiger charge is -2.30. The fourth-order valence-corrected chi connectivity index (χ4v) is 3.30. The van der Waals surface area contributed by atoms with Crippen LogP contribution in [0.3, 0.4) is 0 Å². The molecule has 3 rings (SSSR count). The van der Waals surface area contributed by atoms with E-state index in [1.165, 1.54) is 0 Å². The molecule has 5 nitrogen and oxygen atoms in total. The fraction of sp³-hybridized carbons (Fsp3) is 0.412. The number of halogens is 1. The zero-order valence-electron chi connectivity index (χ0n) is 12.9. The SMILES string of the molecule is N[C@@H]1CCCN(C(=O)CCc2ncc(-c3ccccc3Br)o2)C1. The average Bonchev–Trinajstić information content (AvgIpc) is 3.02. The highest BCUT2D eigenvalue weighted by molar-refractivity contribution is 9.10. The monoisotopic (exact) mass is 377 g/mol. The van der Waals surface area contributed by atoms with Gasteiger partial charge in [0.05, 0.1) is 6.20 Å². The largest absolute Gasteiger partial charge is 0.441 e. The first-order valence-electron chi connectivity index (χ1n) is 7.86. The Kier molecular flexibility index (Phi) is 5.13. The van der Waals surface area contributed by atoms with Gasteiger partial charge in [0.25, 0.3) is 0 Å². The smallest absolute Gasteiger partial charge is 0.223 e. The summed E-state index contributed by atoms with van der Waals surface area (Å²) in [5.41, 5.74) is 6.88. The Hall–Kier alpha value is -1.66. The number of nitrogens with two attached hydrogens (primary N) is 1. The number of oxazole rings is 1. The van der Waals surface area contributed by atoms with Crippen molar-refractivity contribution in [1.82, 2.24) is 9.88 Å². The predicted molar refractivity (Wildman–Crippen MR) is 91.7 cm³/mol. The summed E-state index contributed by atoms with van der Waals surface area (Å²) in [5, 5.41) is 0. The van der Waals surface area contributed by atoms with Crippen LogP contribution in [0.2, 0.25) is 0 Å². The summed E-state index contributed by atoms with van der Waals surface area (Å²) in [6, 6.07) is 7.93. The lowest BCUT2D eigenvalue weighted by molar-refractivity contribution is -0.132. The third-order valence-electron chi connectivity index (χ3n) is 4.06. The molecule has 0 bridgehead atoms. The standard InChI is InChI=1S/C17H20BrN3O2/c18-14-6-2-1-5-13(14)15-10-20-16(23-15)7-8-17(22)21-9-3-4-12(19)11-21/h1-2,5-6,10,12H,3-4,7-9,11,19H2/t12-/m1/s1. The summed E-state index contributed by atoms with van der Waals surface area (Å²) in [6.07, 6.45) is 4.60. The Balaban J connectivity index is 1.59. The number of aromatic nitrogens is 1. The molecule has 1 aromatic carbocycles. The van der Waals surface area contributed by atoms with Crippen LogP contribution in [0.15, 0.2) is 39.4 Å². The molecule has 0 aliphatic carbocycles. The van der Waals surface area contributed by atoms with Crippen LogP contribution in [0.4, 0.5) is 0 Å². The number of carbonyl (C=O) groups is 1. The van der Waals surface area contributed by atoms with E-state index in [4.69, 9.17) is 10.2 Å². The minimum absolute atomic E-state index is 0.108. The minimum atomic E-state index is 0.108. The van der Waals surface area contributed by atoms with Crippen molar-refractivity contribution in [2.75, 3.05) is 13.1 Å². The van der Waals surface area contributed by atoms with Crippen molar-refractivity contribution in [3.8, 4) is 11.3 Å². The molecule has 0 spiro atoms. The summed E-state index contributed by atoms with van der Waals surface area (Å²) in [7, 11) is 0. The van der Waals surface area contributed by atoms with Crippen molar-refractivity contribution in [3.05, 3.63) is 40.8 Å². The van der Waals surface area contributed by atoms with Gasteiger partial charge in [0, 0.05) is 42.0 Å². The van der Waals surface area contributed by atoms with Gasteiger partial charge in [-0.3, -0.25) is 4.79 Å². The minimum Gasteiger partial charge on any atom is -0.441 e. The Bertz CT molecular complexity index is 686. The van der Waals surface area contributed by atoms with Crippen LogP contribution in [-0.2, 0) is 11.2 Å². The Morgan fingerprint density at radius 3 is 3.04 bits per heavy atom. The van der Waals surface area contributed by atoms with E-state index in [0.717, 1.165) is 29.4 Å². The third-order valence-corrected chi connectivity index (χ3v) is 4.75. The van der Waals surface area contributed by atoms with E-state index in [2.05, 4.69) is 20.9 Å². The number of benzene rings is 1. The summed E-state index contributed by atoms with van der Waals surface area (Å²) >= 11 is 3.50. The van der Waals surface area contributed by atoms with Gasteiger partial charge in [-0.1, -0.05) is 34.1 Å². The van der Waals surface area contributed by atoms with Crippen molar-refractivity contribution in [2.24, 2.45) is 5.73 Å². The van der Waals surface area contributed by atoms with Gasteiger partial charge in [0.1, 0.15) is 0 Å². The third kappa shape index (κ3) is 4.00. The molecule has 122 valence electrons. The maximum atomic E-state index is 12.2. The van der Waals surface area contributed by atoms with Gasteiger partial charge >= 0.3 is 0 Å². The van der Waals surface area contributed by atoms with Gasteiger partial charge in [0.2, 0.25) is 5.91 Å². The number of carbonyl (C=O) groups excluding carboxylic acids is 1. The predicted octanol–water partition coefficient (Wildman–Crippen LogP) is 2.99. The first-order valence-corrected chi connectivity index (χ1v) is 8.66. The lowest BCUT2D eigenvalue weighted by Crippen LogP contribution is -2.45. The molecule has 6 heteroatoms. The molecule has 0 saturated carbocycles. The van der Waals surface area contributed by atoms with Crippen LogP contribution >= 0.6 is 15.9 Å². The van der Waals surface area contributed by atoms with E-state index in [1.54, 1.807) is 6.20 Å². The molecule has 2 N–H and O–H groups in total. The molecule has 0 unspecified atom stereocenters. The van der Waals surface area contributed by atoms with E-state index >= 15 is 0 Å². The number of aryl methyl sites for hydroxylation is 1. The molecule has 2 aromatic rings. The summed E-state index contributed by atoms with van der Waals surface area (Å²) in [4.78, 5) is 18.4. The normalized spacial score (nSPS) is 18.2. The van der Waals surface area contributed by atoms with Crippen molar-refractivity contribution >= 4 is 21.8 Å². The van der Waals surface area contributed by atoms with Crippen LogP contribution in [-0.4, -0.2) is 34.9 Å². The highest BCUT2D eigenvalue weighted by atomic mass is 79.9. The first kappa shape index (κ1) is 16.2. The molecule has 1 aliphatic rings. The van der Waals surface area contributed by atoms with Gasteiger partial charge < -0.3 is 15.1 Å². The number of amides is 1. The first-order chi connectivity index (χ1) is 11.1. The average molecular weight is 378 g/mol. The second-order valence-corrected chi connectivity index (χ2v) is 6.69. The van der Waals surface area contributed by atoms with Crippen molar-refractivity contribution < 1.29 is 9.21 Å². The van der Waals surface area contributed by atoms with Crippen molar-refractivity contribution in [2.45, 2.75) is 31.7 Å². The van der Waals surface area contributed by atoms with Gasteiger partial charge in [-0.25, -0.2) is 4.98 Å². The lowest BCUT2D eigenvalue weighted by atomic mass is 10.1. The van der Waals surface area contributed by atoms with Gasteiger partial charge in [-0.2, -0.15) is 0 Å². The highest BCUT2D eigenvalue weighted by Crippen LogP contribution is 2.28. The fourth-order valence-electron chi connectivity index (χ4n) is 2.82. The molecular weight excluding hydrogens is 358 g/mol. The number of nitrogens with zero attached hydrogens (tertiary/aromatic N) is 2. The van der Waals surface area contributed by atoms with E-state index in [1.807, 2.05) is 29.2 Å². The van der Waals surface area contributed by atoms with E-state index in [0.29, 0.717) is 31.0 Å². The van der Waals surface area contributed by atoms with Gasteiger partial charge in [0.15, 0.2) is 11.7 Å². The molecule has 0 radical (unpaired) electrons. The number of piperidine rings is 1.